The van der Waals surface area contributed by atoms with E-state index in [-0.39, 0.29) is 23.9 Å². The Hall–Kier alpha value is -3.31. The first kappa shape index (κ1) is 33.6. The van der Waals surface area contributed by atoms with E-state index in [1.165, 1.54) is 30.2 Å². The fourth-order valence-electron chi connectivity index (χ4n) is 5.29. The molecule has 44 heavy (non-hydrogen) atoms. The zero-order chi connectivity index (χ0) is 32.2. The number of esters is 1. The molecule has 1 fully saturated rings. The molecule has 2 aliphatic rings. The molecule has 1 saturated carbocycles. The minimum Gasteiger partial charge on any atom is -0.465 e. The molecule has 0 saturated heterocycles. The number of amidine groups is 1. The number of nitrogens with one attached hydrogen (secondary N) is 2. The van der Waals surface area contributed by atoms with Gasteiger partial charge in [-0.2, -0.15) is 0 Å². The maximum absolute atomic E-state index is 13.8. The molecular weight excluding hydrogens is 597 g/mol. The molecule has 0 radical (unpaired) electrons. The van der Waals surface area contributed by atoms with Gasteiger partial charge < -0.3 is 19.7 Å². The molecule has 11 heteroatoms. The van der Waals surface area contributed by atoms with Crippen molar-refractivity contribution in [3.8, 4) is 10.4 Å². The number of rotatable bonds is 8. The van der Waals surface area contributed by atoms with E-state index in [0.29, 0.717) is 33.1 Å². The number of thiophene rings is 1. The second-order valence-electron chi connectivity index (χ2n) is 12.7. The third-order valence-corrected chi connectivity index (χ3v) is 9.71. The summed E-state index contributed by atoms with van der Waals surface area (Å²) in [6.45, 7) is 15.8. The molecule has 238 valence electrons. The number of alkyl carbamates (subject to hydrolysis) is 1. The van der Waals surface area contributed by atoms with Gasteiger partial charge in [-0.25, -0.2) is 9.59 Å². The number of hydrogen-bond acceptors (Lipinski definition) is 9. The van der Waals surface area contributed by atoms with Crippen LogP contribution in [0.5, 0.6) is 0 Å². The quantitative estimate of drug-likeness (QED) is 0.285. The number of amides is 2. The number of thioether (sulfide) groups is 1. The number of anilines is 2. The standard InChI is InChI=1S/C33H44N4O5S2/c1-19(2)37(29(38)23-11-9-20(3)10-12-23)26-17-27(44-28(26)30(39)41-8)22-13-15-24(16-14-22)34-21(4)25-18-43-31(35-25)36-32(40)42-33(5,6)7/h13-17,19-20,23,25,34H,4,9-12,18H2,1-3,5-8H3,(H,35,36,40)/t20-,23-,25?. The summed E-state index contributed by atoms with van der Waals surface area (Å²) in [5.74, 6) is 0.887. The van der Waals surface area contributed by atoms with Crippen molar-refractivity contribution in [1.82, 2.24) is 5.32 Å². The largest absolute Gasteiger partial charge is 0.465 e. The van der Waals surface area contributed by atoms with Crippen LogP contribution in [0.1, 0.15) is 76.9 Å². The van der Waals surface area contributed by atoms with Crippen molar-refractivity contribution in [3.63, 3.8) is 0 Å². The normalized spacial score (nSPS) is 20.1. The Labute approximate surface area is 268 Å². The maximum Gasteiger partial charge on any atom is 0.413 e. The average Bonchev–Trinajstić information content (AvgIpc) is 3.60. The number of aliphatic imine (C=N–C) groups is 1. The minimum atomic E-state index is -0.588. The Balaban J connectivity index is 1.48. The lowest BCUT2D eigenvalue weighted by Crippen LogP contribution is -2.42. The van der Waals surface area contributed by atoms with Crippen LogP contribution in [-0.4, -0.2) is 53.7 Å². The van der Waals surface area contributed by atoms with E-state index in [9.17, 15) is 14.4 Å². The van der Waals surface area contributed by atoms with E-state index in [2.05, 4.69) is 29.1 Å². The summed E-state index contributed by atoms with van der Waals surface area (Å²) in [7, 11) is 1.37. The van der Waals surface area contributed by atoms with Gasteiger partial charge in [0, 0.05) is 34.0 Å². The molecule has 2 aromatic rings. The lowest BCUT2D eigenvalue weighted by atomic mass is 9.82. The Morgan fingerprint density at radius 1 is 1.07 bits per heavy atom. The van der Waals surface area contributed by atoms with Crippen LogP contribution in [-0.2, 0) is 14.3 Å². The lowest BCUT2D eigenvalue weighted by molar-refractivity contribution is -0.123. The van der Waals surface area contributed by atoms with Crippen LogP contribution in [0, 0.1) is 11.8 Å². The van der Waals surface area contributed by atoms with Crippen LogP contribution in [0.25, 0.3) is 10.4 Å². The number of carbonyl (C=O) groups is 3. The highest BCUT2D eigenvalue weighted by molar-refractivity contribution is 8.14. The van der Waals surface area contributed by atoms with Crippen LogP contribution >= 0.6 is 23.1 Å². The number of carbonyl (C=O) groups excluding carboxylic acids is 3. The minimum absolute atomic E-state index is 0.0346. The zero-order valence-electron chi connectivity index (χ0n) is 26.7. The van der Waals surface area contributed by atoms with Gasteiger partial charge in [0.25, 0.3) is 0 Å². The van der Waals surface area contributed by atoms with Crippen LogP contribution in [0.3, 0.4) is 0 Å². The SMILES string of the molecule is C=C(Nc1ccc(-c2cc(N(C(=O)[C@H]3CC[C@H](C)CC3)C(C)C)c(C(=O)OC)s2)cc1)C1CSC(NC(=O)OC(C)(C)C)=N1. The third-order valence-electron chi connectivity index (χ3n) is 7.60. The summed E-state index contributed by atoms with van der Waals surface area (Å²) in [5, 5.41) is 6.52. The first-order valence-electron chi connectivity index (χ1n) is 15.1. The maximum atomic E-state index is 13.8. The molecule has 1 aromatic heterocycles. The van der Waals surface area contributed by atoms with Gasteiger partial charge in [0.1, 0.15) is 16.5 Å². The van der Waals surface area contributed by atoms with E-state index in [0.717, 1.165) is 41.8 Å². The second-order valence-corrected chi connectivity index (χ2v) is 14.8. The van der Waals surface area contributed by atoms with Gasteiger partial charge in [-0.05, 0) is 90.0 Å². The topological polar surface area (TPSA) is 109 Å². The van der Waals surface area contributed by atoms with Gasteiger partial charge in [0.05, 0.1) is 12.8 Å². The van der Waals surface area contributed by atoms with E-state index < -0.39 is 17.7 Å². The van der Waals surface area contributed by atoms with Gasteiger partial charge in [-0.15, -0.1) is 11.3 Å². The predicted molar refractivity (Wildman–Crippen MR) is 181 cm³/mol. The molecule has 2 amide bonds. The van der Waals surface area contributed by atoms with Gasteiger partial charge in [-0.1, -0.05) is 37.4 Å². The Morgan fingerprint density at radius 2 is 1.73 bits per heavy atom. The Morgan fingerprint density at radius 3 is 2.32 bits per heavy atom. The number of hydrogen-bond donors (Lipinski definition) is 2. The van der Waals surface area contributed by atoms with Crippen molar-refractivity contribution < 1.29 is 23.9 Å². The molecule has 0 spiro atoms. The van der Waals surface area contributed by atoms with E-state index in [1.54, 1.807) is 4.90 Å². The monoisotopic (exact) mass is 640 g/mol. The van der Waals surface area contributed by atoms with Crippen molar-refractivity contribution >= 4 is 57.6 Å². The van der Waals surface area contributed by atoms with Gasteiger partial charge in [0.2, 0.25) is 5.91 Å². The van der Waals surface area contributed by atoms with Crippen LogP contribution < -0.4 is 15.5 Å². The number of ether oxygens (including phenoxy) is 2. The van der Waals surface area contributed by atoms with E-state index >= 15 is 0 Å². The van der Waals surface area contributed by atoms with Gasteiger partial charge in [-0.3, -0.25) is 15.1 Å². The first-order chi connectivity index (χ1) is 20.8. The summed E-state index contributed by atoms with van der Waals surface area (Å²) in [6.07, 6.45) is 3.31. The summed E-state index contributed by atoms with van der Waals surface area (Å²) >= 11 is 2.77. The second kappa shape index (κ2) is 14.2. The fraction of sp³-hybridized carbons (Fsp3) is 0.515. The number of nitrogens with zero attached hydrogens (tertiary/aromatic N) is 2. The molecule has 1 aliphatic carbocycles. The van der Waals surface area contributed by atoms with Gasteiger partial charge >= 0.3 is 12.1 Å². The molecule has 0 bridgehead atoms. The molecule has 1 atom stereocenters. The van der Waals surface area contributed by atoms with Crippen LogP contribution in [0.4, 0.5) is 16.2 Å². The third kappa shape index (κ3) is 8.44. The van der Waals surface area contributed by atoms with Gasteiger partial charge in [0.15, 0.2) is 5.17 Å². The molecule has 9 nitrogen and oxygen atoms in total. The van der Waals surface area contributed by atoms with Crippen LogP contribution in [0.2, 0.25) is 0 Å². The van der Waals surface area contributed by atoms with Crippen molar-refractivity contribution in [3.05, 3.63) is 47.5 Å². The van der Waals surface area contributed by atoms with E-state index in [1.807, 2.05) is 65.0 Å². The molecular formula is C33H44N4O5S2. The zero-order valence-corrected chi connectivity index (χ0v) is 28.3. The summed E-state index contributed by atoms with van der Waals surface area (Å²) < 4.78 is 10.4. The van der Waals surface area contributed by atoms with Crippen molar-refractivity contribution in [2.45, 2.75) is 84.9 Å². The molecule has 4 rings (SSSR count). The number of methoxy groups -OCH3 is 1. The Kier molecular flexibility index (Phi) is 10.8. The molecule has 2 N–H and O–H groups in total. The first-order valence-corrected chi connectivity index (χ1v) is 16.9. The fourth-order valence-corrected chi connectivity index (χ4v) is 7.32. The summed E-state index contributed by atoms with van der Waals surface area (Å²) in [6, 6.07) is 9.44. The molecule has 2 heterocycles. The average molecular weight is 641 g/mol. The molecule has 1 aliphatic heterocycles. The van der Waals surface area contributed by atoms with Crippen molar-refractivity contribution in [2.75, 3.05) is 23.1 Å². The van der Waals surface area contributed by atoms with E-state index in [4.69, 9.17) is 9.47 Å². The van der Waals surface area contributed by atoms with Crippen molar-refractivity contribution in [1.29, 1.82) is 0 Å². The highest BCUT2D eigenvalue weighted by Gasteiger charge is 2.34. The Bertz CT molecular complexity index is 1400. The summed E-state index contributed by atoms with van der Waals surface area (Å²) in [5.41, 5.74) is 2.49. The molecule has 1 unspecified atom stereocenters. The highest BCUT2D eigenvalue weighted by atomic mass is 32.2. The molecule has 1 aromatic carbocycles. The van der Waals surface area contributed by atoms with Crippen molar-refractivity contribution in [2.24, 2.45) is 16.8 Å². The summed E-state index contributed by atoms with van der Waals surface area (Å²) in [4.78, 5) is 46.4. The predicted octanol–water partition coefficient (Wildman–Crippen LogP) is 7.69. The smallest absolute Gasteiger partial charge is 0.413 e. The lowest BCUT2D eigenvalue weighted by Gasteiger charge is -2.33. The highest BCUT2D eigenvalue weighted by Crippen LogP contribution is 2.40. The van der Waals surface area contributed by atoms with Crippen LogP contribution in [0.15, 0.2) is 47.6 Å². The number of benzene rings is 1.